The van der Waals surface area contributed by atoms with Gasteiger partial charge in [0.05, 0.1) is 23.0 Å². The zero-order chi connectivity index (χ0) is 21.7. The summed E-state index contributed by atoms with van der Waals surface area (Å²) in [4.78, 5) is 22.6. The van der Waals surface area contributed by atoms with Crippen LogP contribution >= 0.6 is 0 Å². The summed E-state index contributed by atoms with van der Waals surface area (Å²) in [5.74, 6) is -0.132. The number of carbonyl (C=O) groups is 1. The van der Waals surface area contributed by atoms with Crippen molar-refractivity contribution in [3.8, 4) is 5.75 Å². The number of sulfonamides is 1. The van der Waals surface area contributed by atoms with Crippen LogP contribution < -0.4 is 10.1 Å². The first-order chi connectivity index (χ1) is 14.3. The molecule has 30 heavy (non-hydrogen) atoms. The first-order valence-corrected chi connectivity index (χ1v) is 10.6. The number of morpholine rings is 1. The van der Waals surface area contributed by atoms with Gasteiger partial charge in [-0.3, -0.25) is 14.9 Å². The quantitative estimate of drug-likeness (QED) is 0.520. The van der Waals surface area contributed by atoms with Gasteiger partial charge in [0, 0.05) is 30.9 Å². The molecule has 160 valence electrons. The zero-order valence-electron chi connectivity index (χ0n) is 16.2. The smallest absolute Gasteiger partial charge is 0.269 e. The van der Waals surface area contributed by atoms with E-state index in [2.05, 4.69) is 5.32 Å². The number of carbonyl (C=O) groups excluding carboxylic acids is 1. The zero-order valence-corrected chi connectivity index (χ0v) is 17.0. The summed E-state index contributed by atoms with van der Waals surface area (Å²) in [5.41, 5.74) is 0.339. The largest absolute Gasteiger partial charge is 0.481 e. The van der Waals surface area contributed by atoms with Crippen LogP contribution in [0.2, 0.25) is 0 Å². The highest BCUT2D eigenvalue weighted by Gasteiger charge is 2.26. The lowest BCUT2D eigenvalue weighted by Gasteiger charge is -2.26. The number of benzene rings is 2. The first-order valence-electron chi connectivity index (χ1n) is 9.17. The molecule has 0 spiro atoms. The summed E-state index contributed by atoms with van der Waals surface area (Å²) in [7, 11) is -3.61. The summed E-state index contributed by atoms with van der Waals surface area (Å²) >= 11 is 0. The van der Waals surface area contributed by atoms with Crippen LogP contribution in [0.4, 0.5) is 11.4 Å². The van der Waals surface area contributed by atoms with Crippen molar-refractivity contribution >= 4 is 27.3 Å². The van der Waals surface area contributed by atoms with Gasteiger partial charge in [0.25, 0.3) is 11.6 Å². The minimum absolute atomic E-state index is 0.0772. The van der Waals surface area contributed by atoms with Crippen molar-refractivity contribution in [2.75, 3.05) is 31.6 Å². The van der Waals surface area contributed by atoms with Crippen LogP contribution in [0.15, 0.2) is 53.4 Å². The second-order valence-corrected chi connectivity index (χ2v) is 8.48. The monoisotopic (exact) mass is 435 g/mol. The molecule has 3 rings (SSSR count). The minimum atomic E-state index is -3.61. The Morgan fingerprint density at radius 3 is 2.30 bits per heavy atom. The third-order valence-electron chi connectivity index (χ3n) is 4.46. The Morgan fingerprint density at radius 2 is 1.73 bits per heavy atom. The number of anilines is 1. The van der Waals surface area contributed by atoms with Crippen LogP contribution in [0.5, 0.6) is 5.75 Å². The van der Waals surface area contributed by atoms with Crippen LogP contribution in [-0.2, 0) is 19.6 Å². The van der Waals surface area contributed by atoms with Crippen molar-refractivity contribution in [3.63, 3.8) is 0 Å². The number of hydrogen-bond acceptors (Lipinski definition) is 7. The van der Waals surface area contributed by atoms with E-state index in [9.17, 15) is 23.3 Å². The molecule has 0 aliphatic carbocycles. The molecule has 2 aromatic carbocycles. The van der Waals surface area contributed by atoms with Gasteiger partial charge in [0.2, 0.25) is 10.0 Å². The number of nitro benzene ring substituents is 1. The van der Waals surface area contributed by atoms with Gasteiger partial charge < -0.3 is 14.8 Å². The Balaban J connectivity index is 1.60. The van der Waals surface area contributed by atoms with Crippen LogP contribution in [0.3, 0.4) is 0 Å². The van der Waals surface area contributed by atoms with Crippen LogP contribution in [-0.4, -0.2) is 56.0 Å². The number of ether oxygens (including phenoxy) is 2. The van der Waals surface area contributed by atoms with E-state index in [1.54, 1.807) is 0 Å². The second-order valence-electron chi connectivity index (χ2n) is 6.54. The molecule has 1 aliphatic heterocycles. The van der Waals surface area contributed by atoms with Crippen molar-refractivity contribution in [2.45, 2.75) is 17.9 Å². The summed E-state index contributed by atoms with van der Waals surface area (Å²) in [6, 6.07) is 11.3. The molecule has 1 atom stereocenters. The molecule has 0 saturated carbocycles. The number of nitrogens with one attached hydrogen (secondary N) is 1. The van der Waals surface area contributed by atoms with E-state index in [4.69, 9.17) is 9.47 Å². The van der Waals surface area contributed by atoms with E-state index in [0.717, 1.165) is 0 Å². The van der Waals surface area contributed by atoms with Crippen LogP contribution in [0, 0.1) is 10.1 Å². The second kappa shape index (κ2) is 9.20. The molecule has 1 heterocycles. The van der Waals surface area contributed by atoms with E-state index in [-0.39, 0.29) is 10.6 Å². The molecule has 1 N–H and O–H groups in total. The van der Waals surface area contributed by atoms with Gasteiger partial charge >= 0.3 is 0 Å². The fourth-order valence-corrected chi connectivity index (χ4v) is 4.20. The normalized spacial score (nSPS) is 15.9. The molecule has 1 amide bonds. The number of nitrogens with zero attached hydrogens (tertiary/aromatic N) is 2. The maximum absolute atomic E-state index is 12.6. The van der Waals surface area contributed by atoms with Gasteiger partial charge in [-0.05, 0) is 43.3 Å². The van der Waals surface area contributed by atoms with Crippen molar-refractivity contribution < 1.29 is 27.6 Å². The number of non-ortho nitro benzene ring substituents is 1. The van der Waals surface area contributed by atoms with E-state index in [1.807, 2.05) is 0 Å². The Hall–Kier alpha value is -3.02. The van der Waals surface area contributed by atoms with Gasteiger partial charge in [-0.15, -0.1) is 0 Å². The standard InChI is InChI=1S/C19H21N3O7S/c1-14(29-17-6-4-16(5-7-17)22(24)25)19(23)20-15-2-8-18(9-3-15)30(26,27)21-10-12-28-13-11-21/h2-9,14H,10-13H2,1H3,(H,20,23)/t14-/m0/s1. The number of amides is 1. The molecule has 0 radical (unpaired) electrons. The third kappa shape index (κ3) is 5.12. The maximum Gasteiger partial charge on any atom is 0.269 e. The maximum atomic E-state index is 12.6. The molecule has 0 aromatic heterocycles. The number of hydrogen-bond donors (Lipinski definition) is 1. The molecular weight excluding hydrogens is 414 g/mol. The Bertz CT molecular complexity index is 1000. The SMILES string of the molecule is C[C@H](Oc1ccc([N+](=O)[O-])cc1)C(=O)Nc1ccc(S(=O)(=O)N2CCOCC2)cc1. The lowest BCUT2D eigenvalue weighted by Crippen LogP contribution is -2.40. The van der Waals surface area contributed by atoms with Crippen molar-refractivity contribution in [1.82, 2.24) is 4.31 Å². The molecular formula is C19H21N3O7S. The topological polar surface area (TPSA) is 128 Å². The Labute approximate surface area is 173 Å². The summed E-state index contributed by atoms with van der Waals surface area (Å²) < 4.78 is 37.3. The van der Waals surface area contributed by atoms with Crippen LogP contribution in [0.25, 0.3) is 0 Å². The molecule has 1 fully saturated rings. The minimum Gasteiger partial charge on any atom is -0.481 e. The predicted octanol–water partition coefficient (Wildman–Crippen LogP) is 2.02. The van der Waals surface area contributed by atoms with Gasteiger partial charge in [0.15, 0.2) is 6.10 Å². The summed E-state index contributed by atoms with van der Waals surface area (Å²) in [6.07, 6.45) is -0.872. The van der Waals surface area contributed by atoms with E-state index >= 15 is 0 Å². The van der Waals surface area contributed by atoms with Crippen molar-refractivity contribution in [3.05, 3.63) is 58.6 Å². The first kappa shape index (κ1) is 21.7. The van der Waals surface area contributed by atoms with Gasteiger partial charge in [-0.1, -0.05) is 0 Å². The lowest BCUT2D eigenvalue weighted by atomic mass is 10.3. The summed E-state index contributed by atoms with van der Waals surface area (Å²) in [6.45, 7) is 2.87. The fraction of sp³-hybridized carbons (Fsp3) is 0.316. The highest BCUT2D eigenvalue weighted by atomic mass is 32.2. The average Bonchev–Trinajstić information content (AvgIpc) is 2.75. The molecule has 10 nitrogen and oxygen atoms in total. The van der Waals surface area contributed by atoms with E-state index in [1.165, 1.54) is 59.8 Å². The highest BCUT2D eigenvalue weighted by Crippen LogP contribution is 2.21. The summed E-state index contributed by atoms with van der Waals surface area (Å²) in [5, 5.41) is 13.3. The predicted molar refractivity (Wildman–Crippen MR) is 108 cm³/mol. The van der Waals surface area contributed by atoms with Gasteiger partial charge in [-0.2, -0.15) is 4.31 Å². The van der Waals surface area contributed by atoms with Crippen LogP contribution in [0.1, 0.15) is 6.92 Å². The highest BCUT2D eigenvalue weighted by molar-refractivity contribution is 7.89. The lowest BCUT2D eigenvalue weighted by molar-refractivity contribution is -0.384. The number of rotatable bonds is 7. The number of nitro groups is 1. The van der Waals surface area contributed by atoms with Gasteiger partial charge in [0.1, 0.15) is 5.75 Å². The van der Waals surface area contributed by atoms with Crippen molar-refractivity contribution in [2.24, 2.45) is 0 Å². The third-order valence-corrected chi connectivity index (χ3v) is 6.37. The molecule has 0 unspecified atom stereocenters. The van der Waals surface area contributed by atoms with E-state index < -0.39 is 27.0 Å². The van der Waals surface area contributed by atoms with E-state index in [0.29, 0.717) is 37.7 Å². The molecule has 11 heteroatoms. The Kier molecular flexibility index (Phi) is 6.65. The Morgan fingerprint density at radius 1 is 1.13 bits per heavy atom. The fourth-order valence-electron chi connectivity index (χ4n) is 2.79. The molecule has 1 aliphatic rings. The average molecular weight is 435 g/mol. The molecule has 2 aromatic rings. The van der Waals surface area contributed by atoms with Gasteiger partial charge in [-0.25, -0.2) is 8.42 Å². The molecule has 1 saturated heterocycles. The molecule has 0 bridgehead atoms. The van der Waals surface area contributed by atoms with Crippen molar-refractivity contribution in [1.29, 1.82) is 0 Å².